The zero-order chi connectivity index (χ0) is 37.5. The van der Waals surface area contributed by atoms with Crippen molar-refractivity contribution in [3.05, 3.63) is 188 Å². The summed E-state index contributed by atoms with van der Waals surface area (Å²) in [4.78, 5) is 9.75. The summed E-state index contributed by atoms with van der Waals surface area (Å²) in [6.07, 6.45) is 1.68. The van der Waals surface area contributed by atoms with Crippen LogP contribution in [0.3, 0.4) is 0 Å². The number of rotatable bonds is 5. The average molecular weight is 746 g/mol. The first-order chi connectivity index (χ1) is 28.3. The van der Waals surface area contributed by atoms with Gasteiger partial charge in [-0.1, -0.05) is 133 Å². The van der Waals surface area contributed by atoms with E-state index in [1.54, 1.807) is 6.33 Å². The third-order valence-corrected chi connectivity index (χ3v) is 12.5. The predicted octanol–water partition coefficient (Wildman–Crippen LogP) is 14.5. The summed E-state index contributed by atoms with van der Waals surface area (Å²) in [6.45, 7) is 0. The second-order valence-electron chi connectivity index (χ2n) is 14.5. The number of furan rings is 1. The van der Waals surface area contributed by atoms with Crippen LogP contribution in [0.4, 0.5) is 0 Å². The molecule has 0 aliphatic heterocycles. The van der Waals surface area contributed by atoms with Crippen LogP contribution in [-0.2, 0) is 0 Å². The van der Waals surface area contributed by atoms with Gasteiger partial charge in [-0.25, -0.2) is 9.97 Å². The molecule has 4 heterocycles. The fraction of sp³-hybridized carbons (Fsp3) is 0. The lowest BCUT2D eigenvalue weighted by molar-refractivity contribution is 0.667. The van der Waals surface area contributed by atoms with Gasteiger partial charge in [0.15, 0.2) is 5.58 Å². The maximum Gasteiger partial charge on any atom is 0.180 e. The van der Waals surface area contributed by atoms with Crippen LogP contribution >= 0.6 is 11.3 Å². The summed E-state index contributed by atoms with van der Waals surface area (Å²) in [6, 6.07) is 65.1. The minimum Gasteiger partial charge on any atom is -0.452 e. The van der Waals surface area contributed by atoms with Crippen molar-refractivity contribution < 1.29 is 4.42 Å². The zero-order valence-corrected chi connectivity index (χ0v) is 31.4. The lowest BCUT2D eigenvalue weighted by atomic mass is 9.95. The Labute approximate surface area is 331 Å². The number of hydrogen-bond donors (Lipinski definition) is 0. The summed E-state index contributed by atoms with van der Waals surface area (Å²) < 4.78 is 11.5. The molecule has 8 aromatic carbocycles. The standard InChI is InChI=1S/C52H31N3OS/c1-3-11-32(12-4-1)33-21-23-34(24-22-33)35-26-28-45-42(29-35)51-52(56-45)50(53-31-54-51)41-17-10-20-47-49(41)48-38(16-9-19-46(48)57-47)36-25-27-40-39-15-7-8-18-43(39)55(44(40)30-36)37-13-5-2-6-14-37/h1-31H. The third kappa shape index (κ3) is 4.99. The van der Waals surface area contributed by atoms with E-state index in [9.17, 15) is 0 Å². The van der Waals surface area contributed by atoms with Crippen molar-refractivity contribution in [3.8, 4) is 50.3 Å². The fourth-order valence-corrected chi connectivity index (χ4v) is 9.89. The van der Waals surface area contributed by atoms with E-state index in [1.807, 2.05) is 17.4 Å². The second kappa shape index (κ2) is 12.6. The van der Waals surface area contributed by atoms with Gasteiger partial charge in [0.1, 0.15) is 23.1 Å². The molecule has 266 valence electrons. The van der Waals surface area contributed by atoms with Gasteiger partial charge in [0.2, 0.25) is 0 Å². The van der Waals surface area contributed by atoms with Gasteiger partial charge in [-0.05, 0) is 81.9 Å². The van der Waals surface area contributed by atoms with Gasteiger partial charge in [0, 0.05) is 47.6 Å². The van der Waals surface area contributed by atoms with Crippen LogP contribution in [0.5, 0.6) is 0 Å². The number of hydrogen-bond acceptors (Lipinski definition) is 4. The first-order valence-electron chi connectivity index (χ1n) is 19.1. The minimum absolute atomic E-state index is 0.696. The number of nitrogens with zero attached hydrogens (tertiary/aromatic N) is 3. The first-order valence-corrected chi connectivity index (χ1v) is 20.0. The second-order valence-corrected chi connectivity index (χ2v) is 15.6. The van der Waals surface area contributed by atoms with E-state index in [0.29, 0.717) is 5.58 Å². The molecule has 0 unspecified atom stereocenters. The van der Waals surface area contributed by atoms with E-state index in [1.165, 1.54) is 64.2 Å². The first kappa shape index (κ1) is 32.0. The quantitative estimate of drug-likeness (QED) is 0.176. The lowest BCUT2D eigenvalue weighted by Crippen LogP contribution is -1.93. The van der Waals surface area contributed by atoms with E-state index in [4.69, 9.17) is 14.4 Å². The summed E-state index contributed by atoms with van der Waals surface area (Å²) in [5.41, 5.74) is 14.7. The van der Waals surface area contributed by atoms with Crippen molar-refractivity contribution in [2.45, 2.75) is 0 Å². The predicted molar refractivity (Wildman–Crippen MR) is 238 cm³/mol. The highest BCUT2D eigenvalue weighted by atomic mass is 32.1. The van der Waals surface area contributed by atoms with Gasteiger partial charge in [-0.2, -0.15) is 0 Å². The van der Waals surface area contributed by atoms with E-state index in [-0.39, 0.29) is 0 Å². The summed E-state index contributed by atoms with van der Waals surface area (Å²) >= 11 is 1.82. The Bertz CT molecular complexity index is 3510. The Hall–Kier alpha value is -7.34. The van der Waals surface area contributed by atoms with E-state index < -0.39 is 0 Å². The molecule has 0 radical (unpaired) electrons. The van der Waals surface area contributed by atoms with E-state index >= 15 is 0 Å². The highest BCUT2D eigenvalue weighted by Gasteiger charge is 2.21. The molecular formula is C52H31N3OS. The van der Waals surface area contributed by atoms with Crippen molar-refractivity contribution >= 4 is 75.4 Å². The van der Waals surface area contributed by atoms with Gasteiger partial charge in [0.05, 0.1) is 11.0 Å². The fourth-order valence-electron chi connectivity index (χ4n) is 8.73. The van der Waals surface area contributed by atoms with Crippen molar-refractivity contribution in [1.82, 2.24) is 14.5 Å². The molecule has 4 aromatic heterocycles. The summed E-state index contributed by atoms with van der Waals surface area (Å²) in [5.74, 6) is 0. The molecule has 0 fully saturated rings. The smallest absolute Gasteiger partial charge is 0.180 e. The number of aromatic nitrogens is 3. The van der Waals surface area contributed by atoms with Crippen LogP contribution in [0.25, 0.3) is 114 Å². The number of thiophene rings is 1. The molecular weight excluding hydrogens is 715 g/mol. The Morgan fingerprint density at radius 2 is 1.07 bits per heavy atom. The highest BCUT2D eigenvalue weighted by molar-refractivity contribution is 7.26. The van der Waals surface area contributed by atoms with E-state index in [2.05, 4.69) is 180 Å². The molecule has 0 aliphatic rings. The van der Waals surface area contributed by atoms with Gasteiger partial charge in [-0.15, -0.1) is 11.3 Å². The average Bonchev–Trinajstić information content (AvgIpc) is 3.96. The normalized spacial score (nSPS) is 11.9. The van der Waals surface area contributed by atoms with Crippen molar-refractivity contribution in [2.75, 3.05) is 0 Å². The largest absolute Gasteiger partial charge is 0.452 e. The van der Waals surface area contributed by atoms with Crippen LogP contribution in [0.1, 0.15) is 0 Å². The Balaban J connectivity index is 1.03. The highest BCUT2D eigenvalue weighted by Crippen LogP contribution is 2.46. The van der Waals surface area contributed by atoms with Crippen LogP contribution in [0.15, 0.2) is 193 Å². The van der Waals surface area contributed by atoms with Crippen LogP contribution in [-0.4, -0.2) is 14.5 Å². The molecule has 0 amide bonds. The SMILES string of the molecule is c1ccc(-c2ccc(-c3ccc4oc5c(-c6cccc7sc8cccc(-c9ccc%10c%11ccccc%11n(-c%11ccccc%11)c%10c9)c8c67)ncnc5c4c3)cc2)cc1. The topological polar surface area (TPSA) is 43.9 Å². The lowest BCUT2D eigenvalue weighted by Gasteiger charge is -2.10. The molecule has 0 saturated heterocycles. The summed E-state index contributed by atoms with van der Waals surface area (Å²) in [7, 11) is 0. The van der Waals surface area contributed by atoms with Crippen molar-refractivity contribution in [3.63, 3.8) is 0 Å². The molecule has 12 aromatic rings. The molecule has 0 N–H and O–H groups in total. The van der Waals surface area contributed by atoms with Gasteiger partial charge < -0.3 is 8.98 Å². The Morgan fingerprint density at radius 1 is 0.439 bits per heavy atom. The van der Waals surface area contributed by atoms with Crippen LogP contribution in [0, 0.1) is 0 Å². The molecule has 0 atom stereocenters. The summed E-state index contributed by atoms with van der Waals surface area (Å²) in [5, 5.41) is 5.86. The number of benzene rings is 8. The van der Waals surface area contributed by atoms with E-state index in [0.717, 1.165) is 44.6 Å². The molecule has 5 heteroatoms. The number of para-hydroxylation sites is 2. The maximum absolute atomic E-state index is 6.67. The van der Waals surface area contributed by atoms with Gasteiger partial charge in [0.25, 0.3) is 0 Å². The minimum atomic E-state index is 0.696. The number of fused-ring (bicyclic) bond motifs is 9. The third-order valence-electron chi connectivity index (χ3n) is 11.4. The molecule has 57 heavy (non-hydrogen) atoms. The molecule has 0 saturated carbocycles. The van der Waals surface area contributed by atoms with Crippen molar-refractivity contribution in [2.24, 2.45) is 0 Å². The van der Waals surface area contributed by atoms with Crippen LogP contribution in [0.2, 0.25) is 0 Å². The molecule has 0 spiro atoms. The van der Waals surface area contributed by atoms with Gasteiger partial charge in [-0.3, -0.25) is 0 Å². The van der Waals surface area contributed by atoms with Crippen LogP contribution < -0.4 is 0 Å². The van der Waals surface area contributed by atoms with Gasteiger partial charge >= 0.3 is 0 Å². The molecule has 12 rings (SSSR count). The van der Waals surface area contributed by atoms with Crippen molar-refractivity contribution in [1.29, 1.82) is 0 Å². The Morgan fingerprint density at radius 3 is 1.88 bits per heavy atom. The maximum atomic E-state index is 6.67. The Kier molecular flexibility index (Phi) is 7.06. The monoisotopic (exact) mass is 745 g/mol. The molecule has 4 nitrogen and oxygen atoms in total. The molecule has 0 aliphatic carbocycles. The zero-order valence-electron chi connectivity index (χ0n) is 30.6. The molecule has 0 bridgehead atoms.